The second kappa shape index (κ2) is 6.94. The highest BCUT2D eigenvalue weighted by Gasteiger charge is 2.34. The van der Waals surface area contributed by atoms with Crippen molar-refractivity contribution in [1.82, 2.24) is 10.2 Å². The second-order valence-corrected chi connectivity index (χ2v) is 6.27. The number of hydrogen-bond acceptors (Lipinski definition) is 2. The minimum Gasteiger partial charge on any atom is -0.370 e. The van der Waals surface area contributed by atoms with Crippen molar-refractivity contribution < 1.29 is 0 Å². The molecule has 1 unspecified atom stereocenters. The van der Waals surface area contributed by atoms with Crippen LogP contribution in [0.15, 0.2) is 35.3 Å². The molecule has 2 aliphatic rings. The molecule has 1 atom stereocenters. The summed E-state index contributed by atoms with van der Waals surface area (Å²) in [5.41, 5.74) is 7.28. The first-order valence-electron chi connectivity index (χ1n) is 8.13. The molecule has 4 heteroatoms. The van der Waals surface area contributed by atoms with E-state index < -0.39 is 0 Å². The van der Waals surface area contributed by atoms with Crippen molar-refractivity contribution in [1.29, 1.82) is 0 Å². The molecule has 0 radical (unpaired) electrons. The van der Waals surface area contributed by atoms with Crippen LogP contribution in [0, 0.1) is 5.92 Å². The Morgan fingerprint density at radius 2 is 2.05 bits per heavy atom. The first-order valence-corrected chi connectivity index (χ1v) is 8.13. The number of nitrogens with one attached hydrogen (secondary N) is 1. The summed E-state index contributed by atoms with van der Waals surface area (Å²) in [7, 11) is 0. The first kappa shape index (κ1) is 14.4. The molecule has 0 amide bonds. The van der Waals surface area contributed by atoms with E-state index in [1.54, 1.807) is 0 Å². The van der Waals surface area contributed by atoms with Crippen LogP contribution in [0.1, 0.15) is 24.8 Å². The van der Waals surface area contributed by atoms with Crippen LogP contribution in [-0.2, 0) is 6.42 Å². The van der Waals surface area contributed by atoms with E-state index in [0.29, 0.717) is 11.9 Å². The van der Waals surface area contributed by atoms with Gasteiger partial charge in [-0.25, -0.2) is 0 Å². The maximum absolute atomic E-state index is 5.95. The Labute approximate surface area is 127 Å². The van der Waals surface area contributed by atoms with Crippen LogP contribution in [0.25, 0.3) is 0 Å². The number of nitrogens with zero attached hydrogens (tertiary/aromatic N) is 2. The summed E-state index contributed by atoms with van der Waals surface area (Å²) in [5.74, 6) is 1.29. The van der Waals surface area contributed by atoms with E-state index >= 15 is 0 Å². The van der Waals surface area contributed by atoms with E-state index in [-0.39, 0.29) is 0 Å². The Hall–Kier alpha value is -1.55. The standard InChI is InChI=1S/C17H26N4/c18-17(19-10-8-14-4-2-1-3-5-14)20-12-15-9-11-21(13-15)16-6-7-16/h1-5,15-16H,6-13H2,(H3,18,19,20). The van der Waals surface area contributed by atoms with Crippen molar-refractivity contribution in [2.24, 2.45) is 16.6 Å². The summed E-state index contributed by atoms with van der Waals surface area (Å²) in [6, 6.07) is 11.3. The smallest absolute Gasteiger partial charge is 0.188 e. The molecule has 114 valence electrons. The van der Waals surface area contributed by atoms with E-state index in [1.807, 2.05) is 6.07 Å². The molecule has 1 aromatic carbocycles. The molecule has 21 heavy (non-hydrogen) atoms. The largest absolute Gasteiger partial charge is 0.370 e. The van der Waals surface area contributed by atoms with Crippen molar-refractivity contribution in [3.8, 4) is 0 Å². The number of rotatable bonds is 6. The lowest BCUT2D eigenvalue weighted by Crippen LogP contribution is -2.34. The van der Waals surface area contributed by atoms with Crippen molar-refractivity contribution in [2.45, 2.75) is 31.7 Å². The topological polar surface area (TPSA) is 53.6 Å². The zero-order valence-electron chi connectivity index (χ0n) is 12.7. The second-order valence-electron chi connectivity index (χ2n) is 6.27. The SMILES string of the molecule is NC(=NCC1CCN(C2CC2)C1)NCCc1ccccc1. The number of nitrogens with two attached hydrogens (primary N) is 1. The van der Waals surface area contributed by atoms with E-state index in [9.17, 15) is 0 Å². The molecule has 0 bridgehead atoms. The van der Waals surface area contributed by atoms with Gasteiger partial charge in [0, 0.05) is 25.7 Å². The quantitative estimate of drug-likeness (QED) is 0.617. The lowest BCUT2D eigenvalue weighted by molar-refractivity contribution is 0.315. The summed E-state index contributed by atoms with van der Waals surface area (Å²) < 4.78 is 0. The van der Waals surface area contributed by atoms with Crippen LogP contribution in [0.3, 0.4) is 0 Å². The third-order valence-electron chi connectivity index (χ3n) is 4.46. The fraction of sp³-hybridized carbons (Fsp3) is 0.588. The molecule has 3 rings (SSSR count). The van der Waals surface area contributed by atoms with Gasteiger partial charge in [0.2, 0.25) is 0 Å². The van der Waals surface area contributed by atoms with Gasteiger partial charge in [-0.2, -0.15) is 0 Å². The van der Waals surface area contributed by atoms with E-state index in [1.165, 1.54) is 37.9 Å². The minimum atomic E-state index is 0.593. The van der Waals surface area contributed by atoms with Crippen molar-refractivity contribution in [3.05, 3.63) is 35.9 Å². The van der Waals surface area contributed by atoms with Gasteiger partial charge in [-0.1, -0.05) is 30.3 Å². The highest BCUT2D eigenvalue weighted by Crippen LogP contribution is 2.31. The fourth-order valence-electron chi connectivity index (χ4n) is 3.05. The van der Waals surface area contributed by atoms with Crippen LogP contribution in [0.2, 0.25) is 0 Å². The van der Waals surface area contributed by atoms with Gasteiger partial charge in [-0.3, -0.25) is 4.99 Å². The Bertz CT molecular complexity index is 467. The molecule has 3 N–H and O–H groups in total. The van der Waals surface area contributed by atoms with Gasteiger partial charge in [-0.05, 0) is 43.7 Å². The van der Waals surface area contributed by atoms with Gasteiger partial charge in [0.1, 0.15) is 0 Å². The van der Waals surface area contributed by atoms with Gasteiger partial charge < -0.3 is 16.0 Å². The molecular weight excluding hydrogens is 260 g/mol. The summed E-state index contributed by atoms with van der Waals surface area (Å²) >= 11 is 0. The molecule has 1 aliphatic carbocycles. The number of likely N-dealkylation sites (tertiary alicyclic amines) is 1. The van der Waals surface area contributed by atoms with E-state index in [4.69, 9.17) is 5.73 Å². The van der Waals surface area contributed by atoms with Crippen molar-refractivity contribution in [3.63, 3.8) is 0 Å². The third-order valence-corrected chi connectivity index (χ3v) is 4.46. The van der Waals surface area contributed by atoms with Gasteiger partial charge in [0.25, 0.3) is 0 Å². The third kappa shape index (κ3) is 4.46. The van der Waals surface area contributed by atoms with Gasteiger partial charge in [0.05, 0.1) is 0 Å². The van der Waals surface area contributed by atoms with Gasteiger partial charge in [0.15, 0.2) is 5.96 Å². The Kier molecular flexibility index (Phi) is 4.76. The number of hydrogen-bond donors (Lipinski definition) is 2. The normalized spacial score (nSPS) is 23.4. The summed E-state index contributed by atoms with van der Waals surface area (Å²) in [5, 5.41) is 3.22. The number of guanidine groups is 1. The summed E-state index contributed by atoms with van der Waals surface area (Å²) in [4.78, 5) is 7.13. The number of benzene rings is 1. The molecule has 0 spiro atoms. The van der Waals surface area contributed by atoms with Crippen molar-refractivity contribution >= 4 is 5.96 Å². The average Bonchev–Trinajstić information content (AvgIpc) is 3.25. The predicted octanol–water partition coefficient (Wildman–Crippen LogP) is 1.62. The highest BCUT2D eigenvalue weighted by atomic mass is 15.2. The Morgan fingerprint density at radius 3 is 2.81 bits per heavy atom. The summed E-state index contributed by atoms with van der Waals surface area (Å²) in [6.07, 6.45) is 5.06. The Morgan fingerprint density at radius 1 is 1.24 bits per heavy atom. The lowest BCUT2D eigenvalue weighted by Gasteiger charge is -2.13. The molecule has 1 aromatic rings. The molecule has 1 heterocycles. The fourth-order valence-corrected chi connectivity index (χ4v) is 3.05. The zero-order valence-corrected chi connectivity index (χ0v) is 12.7. The molecule has 1 saturated heterocycles. The van der Waals surface area contributed by atoms with Crippen LogP contribution in [0.4, 0.5) is 0 Å². The van der Waals surface area contributed by atoms with E-state index in [2.05, 4.69) is 39.5 Å². The molecule has 4 nitrogen and oxygen atoms in total. The monoisotopic (exact) mass is 286 g/mol. The van der Waals surface area contributed by atoms with Gasteiger partial charge in [-0.15, -0.1) is 0 Å². The molecule has 1 saturated carbocycles. The Balaban J connectivity index is 1.34. The van der Waals surface area contributed by atoms with Crippen LogP contribution in [-0.4, -0.2) is 43.1 Å². The molecular formula is C17H26N4. The molecule has 0 aromatic heterocycles. The van der Waals surface area contributed by atoms with E-state index in [0.717, 1.165) is 25.6 Å². The average molecular weight is 286 g/mol. The maximum atomic E-state index is 5.95. The first-order chi connectivity index (χ1) is 10.3. The zero-order chi connectivity index (χ0) is 14.5. The molecule has 2 fully saturated rings. The summed E-state index contributed by atoms with van der Waals surface area (Å²) in [6.45, 7) is 4.18. The minimum absolute atomic E-state index is 0.593. The number of aliphatic imine (C=N–C) groups is 1. The van der Waals surface area contributed by atoms with Gasteiger partial charge >= 0.3 is 0 Å². The van der Waals surface area contributed by atoms with Crippen LogP contribution < -0.4 is 11.1 Å². The lowest BCUT2D eigenvalue weighted by atomic mass is 10.1. The highest BCUT2D eigenvalue weighted by molar-refractivity contribution is 5.77. The van der Waals surface area contributed by atoms with Crippen molar-refractivity contribution in [2.75, 3.05) is 26.2 Å². The predicted molar refractivity (Wildman–Crippen MR) is 87.3 cm³/mol. The molecule has 1 aliphatic heterocycles. The van der Waals surface area contributed by atoms with Crippen LogP contribution in [0.5, 0.6) is 0 Å². The van der Waals surface area contributed by atoms with Crippen LogP contribution >= 0.6 is 0 Å². The maximum Gasteiger partial charge on any atom is 0.188 e.